The van der Waals surface area contributed by atoms with Crippen molar-refractivity contribution in [2.45, 2.75) is 6.42 Å². The third-order valence-corrected chi connectivity index (χ3v) is 3.14. The number of carbonyl (C=O) groups is 1. The summed E-state index contributed by atoms with van der Waals surface area (Å²) in [6, 6.07) is 13.4. The third-order valence-electron chi connectivity index (χ3n) is 2.89. The van der Waals surface area contributed by atoms with Crippen LogP contribution in [-0.4, -0.2) is 19.0 Å². The minimum absolute atomic E-state index is 0.128. The Kier molecular flexibility index (Phi) is 5.72. The summed E-state index contributed by atoms with van der Waals surface area (Å²) in [4.78, 5) is 11.7. The van der Waals surface area contributed by atoms with Crippen molar-refractivity contribution in [1.82, 2.24) is 5.32 Å². The van der Waals surface area contributed by atoms with E-state index >= 15 is 0 Å². The molecule has 3 nitrogen and oxygen atoms in total. The monoisotopic (exact) mass is 306 g/mol. The van der Waals surface area contributed by atoms with E-state index in [0.717, 1.165) is 5.56 Å². The van der Waals surface area contributed by atoms with Crippen molar-refractivity contribution in [1.29, 1.82) is 0 Å². The zero-order chi connectivity index (χ0) is 15.1. The Labute approximate surface area is 128 Å². The smallest absolute Gasteiger partial charge is 0.238 e. The first-order valence-corrected chi connectivity index (χ1v) is 7.02. The standard InChI is InChI=1S/C16H16ClFN2O/c17-13-4-6-15(7-5-13)20-16(21)11-19-9-8-12-2-1-3-14(18)10-12/h1-7,10,19H,8-9,11H2,(H,20,21). The predicted octanol–water partition coefficient (Wildman–Crippen LogP) is 3.25. The average molecular weight is 307 g/mol. The minimum Gasteiger partial charge on any atom is -0.325 e. The van der Waals surface area contributed by atoms with Crippen LogP contribution in [0, 0.1) is 5.82 Å². The first kappa shape index (κ1) is 15.5. The van der Waals surface area contributed by atoms with E-state index in [4.69, 9.17) is 11.6 Å². The maximum absolute atomic E-state index is 13.0. The fourth-order valence-corrected chi connectivity index (χ4v) is 1.99. The molecule has 0 aliphatic heterocycles. The van der Waals surface area contributed by atoms with E-state index in [1.807, 2.05) is 6.07 Å². The van der Waals surface area contributed by atoms with Gasteiger partial charge in [0.2, 0.25) is 5.91 Å². The van der Waals surface area contributed by atoms with Crippen LogP contribution in [0.15, 0.2) is 48.5 Å². The van der Waals surface area contributed by atoms with Crippen molar-refractivity contribution in [2.75, 3.05) is 18.4 Å². The molecule has 0 unspecified atom stereocenters. The van der Waals surface area contributed by atoms with Gasteiger partial charge in [-0.05, 0) is 54.9 Å². The molecule has 2 rings (SSSR count). The zero-order valence-electron chi connectivity index (χ0n) is 11.4. The van der Waals surface area contributed by atoms with E-state index < -0.39 is 0 Å². The van der Waals surface area contributed by atoms with Crippen molar-refractivity contribution in [3.8, 4) is 0 Å². The van der Waals surface area contributed by atoms with Gasteiger partial charge in [0.1, 0.15) is 5.82 Å². The highest BCUT2D eigenvalue weighted by Gasteiger charge is 2.02. The topological polar surface area (TPSA) is 41.1 Å². The van der Waals surface area contributed by atoms with Crippen molar-refractivity contribution >= 4 is 23.2 Å². The number of rotatable bonds is 6. The van der Waals surface area contributed by atoms with Gasteiger partial charge in [-0.25, -0.2) is 4.39 Å². The number of hydrogen-bond donors (Lipinski definition) is 2. The van der Waals surface area contributed by atoms with Gasteiger partial charge in [0.25, 0.3) is 0 Å². The van der Waals surface area contributed by atoms with Gasteiger partial charge < -0.3 is 10.6 Å². The fraction of sp³-hybridized carbons (Fsp3) is 0.188. The van der Waals surface area contributed by atoms with Gasteiger partial charge in [-0.1, -0.05) is 23.7 Å². The average Bonchev–Trinajstić information content (AvgIpc) is 2.46. The molecule has 2 aromatic rings. The third kappa shape index (κ3) is 5.53. The van der Waals surface area contributed by atoms with E-state index in [0.29, 0.717) is 23.7 Å². The Balaban J connectivity index is 1.68. The van der Waals surface area contributed by atoms with Crippen LogP contribution in [0.4, 0.5) is 10.1 Å². The van der Waals surface area contributed by atoms with E-state index in [-0.39, 0.29) is 18.3 Å². The highest BCUT2D eigenvalue weighted by molar-refractivity contribution is 6.30. The second-order valence-corrected chi connectivity index (χ2v) is 5.05. The van der Waals surface area contributed by atoms with Crippen molar-refractivity contribution in [2.24, 2.45) is 0 Å². The number of anilines is 1. The molecule has 0 aliphatic carbocycles. The summed E-state index contributed by atoms with van der Waals surface area (Å²) >= 11 is 5.77. The number of benzene rings is 2. The molecule has 0 spiro atoms. The lowest BCUT2D eigenvalue weighted by Gasteiger charge is -2.07. The Morgan fingerprint density at radius 3 is 2.62 bits per heavy atom. The van der Waals surface area contributed by atoms with Gasteiger partial charge in [0, 0.05) is 10.7 Å². The first-order chi connectivity index (χ1) is 10.1. The number of hydrogen-bond acceptors (Lipinski definition) is 2. The molecule has 0 saturated carbocycles. The summed E-state index contributed by atoms with van der Waals surface area (Å²) < 4.78 is 13.0. The van der Waals surface area contributed by atoms with Crippen molar-refractivity contribution in [3.05, 3.63) is 64.9 Å². The highest BCUT2D eigenvalue weighted by atomic mass is 35.5. The molecule has 2 aromatic carbocycles. The molecule has 5 heteroatoms. The van der Waals surface area contributed by atoms with Crippen LogP contribution in [0.5, 0.6) is 0 Å². The summed E-state index contributed by atoms with van der Waals surface area (Å²) in [5.41, 5.74) is 1.61. The maximum Gasteiger partial charge on any atom is 0.238 e. The zero-order valence-corrected chi connectivity index (χ0v) is 12.2. The molecule has 0 saturated heterocycles. The molecule has 110 valence electrons. The molecule has 0 heterocycles. The van der Waals surface area contributed by atoms with Gasteiger partial charge in [0.05, 0.1) is 6.54 Å². The quantitative estimate of drug-likeness (QED) is 0.804. The molecule has 0 fully saturated rings. The van der Waals surface area contributed by atoms with Crippen LogP contribution < -0.4 is 10.6 Å². The molecule has 0 bridgehead atoms. The van der Waals surface area contributed by atoms with E-state index in [2.05, 4.69) is 10.6 Å². The Morgan fingerprint density at radius 2 is 1.90 bits per heavy atom. The van der Waals surface area contributed by atoms with Crippen molar-refractivity contribution < 1.29 is 9.18 Å². The summed E-state index contributed by atoms with van der Waals surface area (Å²) in [5, 5.41) is 6.41. The van der Waals surface area contributed by atoms with Crippen LogP contribution in [0.25, 0.3) is 0 Å². The number of carbonyl (C=O) groups excluding carboxylic acids is 1. The highest BCUT2D eigenvalue weighted by Crippen LogP contribution is 2.12. The Hall–Kier alpha value is -1.91. The molecular weight excluding hydrogens is 291 g/mol. The number of amides is 1. The summed E-state index contributed by atoms with van der Waals surface area (Å²) in [5.74, 6) is -0.371. The van der Waals surface area contributed by atoms with Gasteiger partial charge in [0.15, 0.2) is 0 Å². The van der Waals surface area contributed by atoms with Crippen LogP contribution in [0.2, 0.25) is 5.02 Å². The van der Waals surface area contributed by atoms with Gasteiger partial charge in [-0.2, -0.15) is 0 Å². The predicted molar refractivity (Wildman–Crippen MR) is 83.1 cm³/mol. The SMILES string of the molecule is O=C(CNCCc1cccc(F)c1)Nc1ccc(Cl)cc1. The first-order valence-electron chi connectivity index (χ1n) is 6.64. The maximum atomic E-state index is 13.0. The second-order valence-electron chi connectivity index (χ2n) is 4.61. The molecular formula is C16H16ClFN2O. The van der Waals surface area contributed by atoms with E-state index in [9.17, 15) is 9.18 Å². The summed E-state index contributed by atoms with van der Waals surface area (Å²) in [6.07, 6.45) is 0.673. The van der Waals surface area contributed by atoms with Crippen LogP contribution in [0.1, 0.15) is 5.56 Å². The van der Waals surface area contributed by atoms with Crippen LogP contribution in [0.3, 0.4) is 0 Å². The van der Waals surface area contributed by atoms with Crippen LogP contribution >= 0.6 is 11.6 Å². The van der Waals surface area contributed by atoms with E-state index in [1.54, 1.807) is 30.3 Å². The summed E-state index contributed by atoms with van der Waals surface area (Å²) in [6.45, 7) is 0.815. The molecule has 0 aliphatic rings. The normalized spacial score (nSPS) is 10.4. The Morgan fingerprint density at radius 1 is 1.14 bits per heavy atom. The molecule has 2 N–H and O–H groups in total. The fourth-order valence-electron chi connectivity index (χ4n) is 1.87. The lowest BCUT2D eigenvalue weighted by atomic mass is 10.1. The molecule has 21 heavy (non-hydrogen) atoms. The minimum atomic E-state index is -0.243. The van der Waals surface area contributed by atoms with Crippen molar-refractivity contribution in [3.63, 3.8) is 0 Å². The van der Waals surface area contributed by atoms with Gasteiger partial charge in [-0.3, -0.25) is 4.79 Å². The number of halogens is 2. The lowest BCUT2D eigenvalue weighted by molar-refractivity contribution is -0.115. The molecule has 0 aromatic heterocycles. The molecule has 1 amide bonds. The van der Waals surface area contributed by atoms with E-state index in [1.165, 1.54) is 12.1 Å². The van der Waals surface area contributed by atoms with Crippen LogP contribution in [-0.2, 0) is 11.2 Å². The molecule has 0 radical (unpaired) electrons. The summed E-state index contributed by atoms with van der Waals surface area (Å²) in [7, 11) is 0. The van der Waals surface area contributed by atoms with Gasteiger partial charge in [-0.15, -0.1) is 0 Å². The molecule has 0 atom stereocenters. The Bertz CT molecular complexity index is 601. The largest absolute Gasteiger partial charge is 0.325 e. The second kappa shape index (κ2) is 7.76. The lowest BCUT2D eigenvalue weighted by Crippen LogP contribution is -2.29. The van der Waals surface area contributed by atoms with Gasteiger partial charge >= 0.3 is 0 Å². The number of nitrogens with one attached hydrogen (secondary N) is 2.